The summed E-state index contributed by atoms with van der Waals surface area (Å²) in [6, 6.07) is 10.9. The van der Waals surface area contributed by atoms with E-state index >= 15 is 0 Å². The maximum Gasteiger partial charge on any atom is 0.171 e. The molecule has 0 aromatic heterocycles. The van der Waals surface area contributed by atoms with Crippen molar-refractivity contribution in [1.29, 1.82) is 0 Å². The smallest absolute Gasteiger partial charge is 0.171 e. The summed E-state index contributed by atoms with van der Waals surface area (Å²) in [7, 11) is 1.45. The van der Waals surface area contributed by atoms with Crippen molar-refractivity contribution >= 4 is 23.0 Å². The summed E-state index contributed by atoms with van der Waals surface area (Å²) >= 11 is 5.36. The standard InChI is InChI=1S/C18H21FN2OS/c1-11-5-6-12(2)16(9-11)21-18(23)20-13(3)14-7-8-17(22-4)15(19)10-14/h5-10,13H,1-4H3,(H2,20,21,23)/t13-/m1/s1. The highest BCUT2D eigenvalue weighted by atomic mass is 32.1. The van der Waals surface area contributed by atoms with E-state index < -0.39 is 0 Å². The molecule has 0 saturated carbocycles. The van der Waals surface area contributed by atoms with Crippen LogP contribution in [0.25, 0.3) is 0 Å². The molecule has 0 aliphatic rings. The number of methoxy groups -OCH3 is 1. The summed E-state index contributed by atoms with van der Waals surface area (Å²) in [5.41, 5.74) is 4.04. The molecule has 0 unspecified atom stereocenters. The molecule has 1 atom stereocenters. The van der Waals surface area contributed by atoms with E-state index in [1.807, 2.05) is 39.0 Å². The quantitative estimate of drug-likeness (QED) is 0.808. The van der Waals surface area contributed by atoms with Gasteiger partial charge in [0, 0.05) is 5.69 Å². The number of hydrogen-bond donors (Lipinski definition) is 2. The van der Waals surface area contributed by atoms with E-state index in [0.29, 0.717) is 5.11 Å². The summed E-state index contributed by atoms with van der Waals surface area (Å²) < 4.78 is 18.7. The van der Waals surface area contributed by atoms with E-state index in [0.717, 1.165) is 22.4 Å². The Morgan fingerprint density at radius 1 is 1.17 bits per heavy atom. The van der Waals surface area contributed by atoms with Crippen LogP contribution in [0.3, 0.4) is 0 Å². The fourth-order valence-electron chi connectivity index (χ4n) is 2.26. The third kappa shape index (κ3) is 4.42. The van der Waals surface area contributed by atoms with Crippen molar-refractivity contribution in [3.8, 4) is 5.75 Å². The molecular weight excluding hydrogens is 311 g/mol. The average molecular weight is 332 g/mol. The van der Waals surface area contributed by atoms with Crippen LogP contribution in [0.2, 0.25) is 0 Å². The molecule has 0 fully saturated rings. The Labute approximate surface area is 141 Å². The van der Waals surface area contributed by atoms with Crippen LogP contribution < -0.4 is 15.4 Å². The minimum absolute atomic E-state index is 0.125. The van der Waals surface area contributed by atoms with Gasteiger partial charge in [-0.05, 0) is 67.9 Å². The highest BCUT2D eigenvalue weighted by Crippen LogP contribution is 2.22. The normalized spacial score (nSPS) is 11.7. The summed E-state index contributed by atoms with van der Waals surface area (Å²) in [5, 5.41) is 6.86. The summed E-state index contributed by atoms with van der Waals surface area (Å²) in [6.45, 7) is 5.98. The van der Waals surface area contributed by atoms with Crippen LogP contribution in [0.1, 0.15) is 29.7 Å². The number of aryl methyl sites for hydroxylation is 2. The first-order chi connectivity index (χ1) is 10.9. The van der Waals surface area contributed by atoms with Crippen molar-refractivity contribution in [1.82, 2.24) is 5.32 Å². The van der Waals surface area contributed by atoms with Crippen molar-refractivity contribution in [2.75, 3.05) is 12.4 Å². The molecule has 2 aromatic carbocycles. The first-order valence-corrected chi connectivity index (χ1v) is 7.79. The molecule has 0 radical (unpaired) electrons. The van der Waals surface area contributed by atoms with E-state index in [-0.39, 0.29) is 17.6 Å². The van der Waals surface area contributed by atoms with Gasteiger partial charge in [0.05, 0.1) is 13.2 Å². The van der Waals surface area contributed by atoms with E-state index in [2.05, 4.69) is 16.7 Å². The molecular formula is C18H21FN2OS. The SMILES string of the molecule is COc1ccc([C@@H](C)NC(=S)Nc2cc(C)ccc2C)cc1F. The molecule has 0 aliphatic carbocycles. The highest BCUT2D eigenvalue weighted by molar-refractivity contribution is 7.80. The molecule has 0 bridgehead atoms. The predicted molar refractivity (Wildman–Crippen MR) is 96.6 cm³/mol. The number of benzene rings is 2. The minimum atomic E-state index is -0.382. The fraction of sp³-hybridized carbons (Fsp3) is 0.278. The average Bonchev–Trinajstić information content (AvgIpc) is 2.50. The van der Waals surface area contributed by atoms with Crippen LogP contribution in [0, 0.1) is 19.7 Å². The first-order valence-electron chi connectivity index (χ1n) is 7.39. The van der Waals surface area contributed by atoms with Crippen LogP contribution >= 0.6 is 12.2 Å². The number of ether oxygens (including phenoxy) is 1. The van der Waals surface area contributed by atoms with Gasteiger partial charge in [-0.25, -0.2) is 4.39 Å². The first kappa shape index (κ1) is 17.2. The van der Waals surface area contributed by atoms with Crippen LogP contribution in [0.5, 0.6) is 5.75 Å². The van der Waals surface area contributed by atoms with Crippen molar-refractivity contribution in [2.24, 2.45) is 0 Å². The molecule has 122 valence electrons. The zero-order chi connectivity index (χ0) is 17.0. The zero-order valence-corrected chi connectivity index (χ0v) is 14.6. The van der Waals surface area contributed by atoms with Gasteiger partial charge in [-0.2, -0.15) is 0 Å². The lowest BCUT2D eigenvalue weighted by Gasteiger charge is -2.19. The lowest BCUT2D eigenvalue weighted by molar-refractivity contribution is 0.386. The van der Waals surface area contributed by atoms with E-state index in [1.165, 1.54) is 13.2 Å². The second-order valence-corrected chi connectivity index (χ2v) is 5.94. The summed E-state index contributed by atoms with van der Waals surface area (Å²) in [5.74, 6) is -0.149. The third-order valence-corrected chi connectivity index (χ3v) is 3.88. The maximum absolute atomic E-state index is 13.8. The monoisotopic (exact) mass is 332 g/mol. The molecule has 2 N–H and O–H groups in total. The van der Waals surface area contributed by atoms with Crippen LogP contribution in [0.15, 0.2) is 36.4 Å². The minimum Gasteiger partial charge on any atom is -0.494 e. The fourth-order valence-corrected chi connectivity index (χ4v) is 2.55. The van der Waals surface area contributed by atoms with Gasteiger partial charge in [-0.1, -0.05) is 18.2 Å². The van der Waals surface area contributed by atoms with Crippen LogP contribution in [-0.4, -0.2) is 12.2 Å². The lowest BCUT2D eigenvalue weighted by Crippen LogP contribution is -2.31. The summed E-state index contributed by atoms with van der Waals surface area (Å²) in [6.07, 6.45) is 0. The van der Waals surface area contributed by atoms with Crippen molar-refractivity contribution < 1.29 is 9.13 Å². The van der Waals surface area contributed by atoms with Gasteiger partial charge in [0.25, 0.3) is 0 Å². The molecule has 0 saturated heterocycles. The Hall–Kier alpha value is -2.14. The van der Waals surface area contributed by atoms with Gasteiger partial charge in [-0.15, -0.1) is 0 Å². The number of anilines is 1. The molecule has 3 nitrogen and oxygen atoms in total. The maximum atomic E-state index is 13.8. The lowest BCUT2D eigenvalue weighted by atomic mass is 10.1. The predicted octanol–water partition coefficient (Wildman–Crippen LogP) is 4.50. The Bertz CT molecular complexity index is 718. The Kier molecular flexibility index (Phi) is 5.55. The molecule has 0 aliphatic heterocycles. The van der Waals surface area contributed by atoms with Gasteiger partial charge < -0.3 is 15.4 Å². The van der Waals surface area contributed by atoms with E-state index in [4.69, 9.17) is 17.0 Å². The van der Waals surface area contributed by atoms with Gasteiger partial charge in [0.15, 0.2) is 16.7 Å². The van der Waals surface area contributed by atoms with Gasteiger partial charge >= 0.3 is 0 Å². The van der Waals surface area contributed by atoms with E-state index in [9.17, 15) is 4.39 Å². The van der Waals surface area contributed by atoms with Gasteiger partial charge in [-0.3, -0.25) is 0 Å². The number of hydrogen-bond acceptors (Lipinski definition) is 2. The van der Waals surface area contributed by atoms with Crippen molar-refractivity contribution in [2.45, 2.75) is 26.8 Å². The highest BCUT2D eigenvalue weighted by Gasteiger charge is 2.11. The number of rotatable bonds is 4. The molecule has 0 spiro atoms. The van der Waals surface area contributed by atoms with Crippen molar-refractivity contribution in [3.05, 3.63) is 58.9 Å². The largest absolute Gasteiger partial charge is 0.494 e. The van der Waals surface area contributed by atoms with Crippen molar-refractivity contribution in [3.63, 3.8) is 0 Å². The Balaban J connectivity index is 2.04. The Morgan fingerprint density at radius 2 is 1.91 bits per heavy atom. The van der Waals surface area contributed by atoms with Gasteiger partial charge in [0.1, 0.15) is 0 Å². The number of nitrogens with one attached hydrogen (secondary N) is 2. The third-order valence-electron chi connectivity index (χ3n) is 3.66. The molecule has 2 aromatic rings. The molecule has 0 amide bonds. The second kappa shape index (κ2) is 7.42. The molecule has 0 heterocycles. The van der Waals surface area contributed by atoms with Gasteiger partial charge in [0.2, 0.25) is 0 Å². The summed E-state index contributed by atoms with van der Waals surface area (Å²) in [4.78, 5) is 0. The number of thiocarbonyl (C=S) groups is 1. The number of halogens is 1. The van der Waals surface area contributed by atoms with Crippen LogP contribution in [-0.2, 0) is 0 Å². The topological polar surface area (TPSA) is 33.3 Å². The molecule has 23 heavy (non-hydrogen) atoms. The second-order valence-electron chi connectivity index (χ2n) is 5.53. The zero-order valence-electron chi connectivity index (χ0n) is 13.7. The van der Waals surface area contributed by atoms with Crippen LogP contribution in [0.4, 0.5) is 10.1 Å². The Morgan fingerprint density at radius 3 is 2.57 bits per heavy atom. The molecule has 5 heteroatoms. The molecule has 2 rings (SSSR count). The van der Waals surface area contributed by atoms with E-state index in [1.54, 1.807) is 6.07 Å².